The highest BCUT2D eigenvalue weighted by atomic mass is 14.1. The largest absolute Gasteiger partial charge is 0.0610 e. The zero-order chi connectivity index (χ0) is 11.4. The maximum absolute atomic E-state index is 2.29. The summed E-state index contributed by atoms with van der Waals surface area (Å²) in [6.45, 7) is 2.19. The molecule has 0 bridgehead atoms. The third-order valence-electron chi connectivity index (χ3n) is 3.71. The van der Waals surface area contributed by atoms with Gasteiger partial charge in [0.25, 0.3) is 0 Å². The summed E-state index contributed by atoms with van der Waals surface area (Å²) >= 11 is 0. The van der Waals surface area contributed by atoms with Crippen LogP contribution in [0.25, 0.3) is 32.3 Å². The van der Waals surface area contributed by atoms with Gasteiger partial charge in [-0.25, -0.2) is 0 Å². The van der Waals surface area contributed by atoms with Crippen LogP contribution in [0.15, 0.2) is 54.6 Å². The smallest absolute Gasteiger partial charge is 0.00240 e. The summed E-state index contributed by atoms with van der Waals surface area (Å²) in [4.78, 5) is 0. The molecule has 0 atom stereocenters. The molecule has 0 radical (unpaired) electrons. The first kappa shape index (κ1) is 9.00. The van der Waals surface area contributed by atoms with E-state index < -0.39 is 0 Å². The molecule has 0 heterocycles. The summed E-state index contributed by atoms with van der Waals surface area (Å²) < 4.78 is 0. The van der Waals surface area contributed by atoms with Crippen molar-refractivity contribution in [3.8, 4) is 0 Å². The van der Waals surface area contributed by atoms with Gasteiger partial charge in [0.05, 0.1) is 0 Å². The lowest BCUT2D eigenvalue weighted by Crippen LogP contribution is -1.62. The van der Waals surface area contributed by atoms with Gasteiger partial charge in [0.1, 0.15) is 0 Å². The van der Waals surface area contributed by atoms with Crippen LogP contribution in [-0.2, 0) is 0 Å². The predicted molar refractivity (Wildman–Crippen MR) is 74.9 cm³/mol. The van der Waals surface area contributed by atoms with Gasteiger partial charge in [-0.3, -0.25) is 0 Å². The molecule has 0 saturated heterocycles. The summed E-state index contributed by atoms with van der Waals surface area (Å²) in [6.07, 6.45) is 0. The molecule has 0 aliphatic heterocycles. The standard InChI is InChI=1S/C17H12/c1-11-10-14-6-2-4-12-8-9-13-5-3-7-15(11)17(14)16(12)13/h2-10H,1H3. The summed E-state index contributed by atoms with van der Waals surface area (Å²) in [7, 11) is 0. The van der Waals surface area contributed by atoms with Crippen molar-refractivity contribution < 1.29 is 0 Å². The monoisotopic (exact) mass is 216 g/mol. The van der Waals surface area contributed by atoms with Crippen LogP contribution in [0.3, 0.4) is 0 Å². The van der Waals surface area contributed by atoms with E-state index in [2.05, 4.69) is 61.5 Å². The Morgan fingerprint density at radius 2 is 1.29 bits per heavy atom. The molecular formula is C17H12. The normalized spacial score (nSPS) is 11.8. The van der Waals surface area contributed by atoms with Gasteiger partial charge in [0.15, 0.2) is 0 Å². The second kappa shape index (κ2) is 2.98. The molecule has 0 fully saturated rings. The van der Waals surface area contributed by atoms with Gasteiger partial charge in [-0.15, -0.1) is 0 Å². The Bertz CT molecular complexity index is 825. The van der Waals surface area contributed by atoms with Gasteiger partial charge in [-0.2, -0.15) is 0 Å². The van der Waals surface area contributed by atoms with Crippen molar-refractivity contribution in [2.24, 2.45) is 0 Å². The van der Waals surface area contributed by atoms with Crippen LogP contribution in [0.1, 0.15) is 5.56 Å². The second-order valence-corrected chi connectivity index (χ2v) is 4.74. The highest BCUT2D eigenvalue weighted by molar-refractivity contribution is 6.23. The molecule has 4 rings (SSSR count). The lowest BCUT2D eigenvalue weighted by molar-refractivity contribution is 1.59. The van der Waals surface area contributed by atoms with Crippen molar-refractivity contribution >= 4 is 32.3 Å². The Morgan fingerprint density at radius 1 is 0.647 bits per heavy atom. The first-order chi connectivity index (χ1) is 8.34. The quantitative estimate of drug-likeness (QED) is 0.392. The minimum Gasteiger partial charge on any atom is -0.0610 e. The maximum Gasteiger partial charge on any atom is -0.00240 e. The van der Waals surface area contributed by atoms with Crippen molar-refractivity contribution in [2.75, 3.05) is 0 Å². The fourth-order valence-electron chi connectivity index (χ4n) is 2.94. The number of hydrogen-bond acceptors (Lipinski definition) is 0. The van der Waals surface area contributed by atoms with E-state index in [0.717, 1.165) is 0 Å². The Hall–Kier alpha value is -2.08. The lowest BCUT2D eigenvalue weighted by atomic mass is 10.1. The summed E-state index contributed by atoms with van der Waals surface area (Å²) in [5.74, 6) is 0. The van der Waals surface area contributed by atoms with E-state index in [4.69, 9.17) is 0 Å². The highest BCUT2D eigenvalue weighted by Gasteiger charge is 2.08. The van der Waals surface area contributed by atoms with Crippen LogP contribution < -0.4 is 0 Å². The zero-order valence-corrected chi connectivity index (χ0v) is 9.70. The van der Waals surface area contributed by atoms with E-state index in [1.54, 1.807) is 0 Å². The zero-order valence-electron chi connectivity index (χ0n) is 9.70. The molecule has 0 aliphatic carbocycles. The number of rotatable bonds is 0. The highest BCUT2D eigenvalue weighted by Crippen LogP contribution is 2.35. The Kier molecular flexibility index (Phi) is 1.58. The van der Waals surface area contributed by atoms with Gasteiger partial charge < -0.3 is 0 Å². The second-order valence-electron chi connectivity index (χ2n) is 4.74. The van der Waals surface area contributed by atoms with Gasteiger partial charge in [0.2, 0.25) is 0 Å². The fourth-order valence-corrected chi connectivity index (χ4v) is 2.94. The average molecular weight is 216 g/mol. The van der Waals surface area contributed by atoms with Crippen molar-refractivity contribution in [1.29, 1.82) is 0 Å². The Balaban J connectivity index is 2.55. The van der Waals surface area contributed by atoms with Crippen LogP contribution in [-0.4, -0.2) is 0 Å². The van der Waals surface area contributed by atoms with E-state index in [9.17, 15) is 0 Å². The molecule has 0 aromatic heterocycles. The van der Waals surface area contributed by atoms with E-state index >= 15 is 0 Å². The Labute approximate surface area is 99.8 Å². The van der Waals surface area contributed by atoms with Crippen molar-refractivity contribution in [3.05, 3.63) is 60.2 Å². The summed E-state index contributed by atoms with van der Waals surface area (Å²) in [5, 5.41) is 8.21. The van der Waals surface area contributed by atoms with Crippen molar-refractivity contribution in [1.82, 2.24) is 0 Å². The molecule has 80 valence electrons. The van der Waals surface area contributed by atoms with E-state index in [-0.39, 0.29) is 0 Å². The maximum atomic E-state index is 2.29. The van der Waals surface area contributed by atoms with Crippen LogP contribution in [0, 0.1) is 6.92 Å². The van der Waals surface area contributed by atoms with Crippen LogP contribution in [0.2, 0.25) is 0 Å². The third-order valence-corrected chi connectivity index (χ3v) is 3.71. The van der Waals surface area contributed by atoms with E-state index in [1.807, 2.05) is 0 Å². The van der Waals surface area contributed by atoms with E-state index in [0.29, 0.717) is 0 Å². The molecule has 0 amide bonds. The molecule has 0 saturated carbocycles. The topological polar surface area (TPSA) is 0 Å². The minimum absolute atomic E-state index is 1.34. The fraction of sp³-hybridized carbons (Fsp3) is 0.0588. The SMILES string of the molecule is Cc1cc2cccc3ccc4cccc1c2c34. The van der Waals surface area contributed by atoms with Crippen molar-refractivity contribution in [3.63, 3.8) is 0 Å². The van der Waals surface area contributed by atoms with Gasteiger partial charge >= 0.3 is 0 Å². The predicted octanol–water partition coefficient (Wildman–Crippen LogP) is 4.89. The van der Waals surface area contributed by atoms with Crippen LogP contribution in [0.4, 0.5) is 0 Å². The van der Waals surface area contributed by atoms with Crippen LogP contribution in [0.5, 0.6) is 0 Å². The molecule has 0 aliphatic rings. The first-order valence-electron chi connectivity index (χ1n) is 5.98. The third kappa shape index (κ3) is 1.07. The first-order valence-corrected chi connectivity index (χ1v) is 5.98. The molecule has 0 unspecified atom stereocenters. The molecule has 4 aromatic carbocycles. The van der Waals surface area contributed by atoms with Gasteiger partial charge in [0, 0.05) is 0 Å². The molecule has 0 heteroatoms. The van der Waals surface area contributed by atoms with Crippen molar-refractivity contribution in [2.45, 2.75) is 6.92 Å². The average Bonchev–Trinajstić information content (AvgIpc) is 2.70. The van der Waals surface area contributed by atoms with Crippen LogP contribution >= 0.6 is 0 Å². The number of hydrogen-bond donors (Lipinski definition) is 0. The summed E-state index contributed by atoms with van der Waals surface area (Å²) in [5.41, 5.74) is 1.37. The minimum atomic E-state index is 1.34. The summed E-state index contributed by atoms with van der Waals surface area (Å²) in [6, 6.07) is 19.9. The Morgan fingerprint density at radius 3 is 2.06 bits per heavy atom. The molecular weight excluding hydrogens is 204 g/mol. The molecule has 4 aromatic rings. The van der Waals surface area contributed by atoms with E-state index in [1.165, 1.54) is 37.9 Å². The van der Waals surface area contributed by atoms with Gasteiger partial charge in [-0.1, -0.05) is 54.6 Å². The lowest BCUT2D eigenvalue weighted by Gasteiger charge is -1.90. The molecule has 0 nitrogen and oxygen atoms in total. The number of aryl methyl sites for hydroxylation is 1. The van der Waals surface area contributed by atoms with Gasteiger partial charge in [-0.05, 0) is 44.8 Å². The molecule has 0 spiro atoms. The molecule has 0 N–H and O–H groups in total. The molecule has 17 heavy (non-hydrogen) atoms.